The van der Waals surface area contributed by atoms with Gasteiger partial charge in [-0.3, -0.25) is 4.79 Å². The Labute approximate surface area is 174 Å². The Kier molecular flexibility index (Phi) is 8.60. The number of rotatable bonds is 9. The van der Waals surface area contributed by atoms with E-state index in [0.717, 1.165) is 17.0 Å². The Morgan fingerprint density at radius 1 is 1.36 bits per heavy atom. The summed E-state index contributed by atoms with van der Waals surface area (Å²) in [4.78, 5) is 24.1. The van der Waals surface area contributed by atoms with Crippen LogP contribution in [-0.2, 0) is 20.9 Å². The monoisotopic (exact) mass is 421 g/mol. The van der Waals surface area contributed by atoms with E-state index in [-0.39, 0.29) is 5.91 Å². The van der Waals surface area contributed by atoms with Crippen molar-refractivity contribution in [2.24, 2.45) is 0 Å². The number of aryl methyl sites for hydroxylation is 1. The van der Waals surface area contributed by atoms with E-state index in [1.54, 1.807) is 22.5 Å². The van der Waals surface area contributed by atoms with E-state index in [1.807, 2.05) is 43.5 Å². The number of aromatic nitrogens is 2. The van der Waals surface area contributed by atoms with E-state index in [1.165, 1.54) is 13.2 Å². The standard InChI is InChI=1S/C20H24ClN3O3S/c1-14-16(19(21)24(23-14)13-15-7-5-4-6-8-15)9-10-18(25)22-17(11-12-28-3)20(26)27-2/h4-10,17H,11-13H2,1-3H3,(H,22,25)/b10-9+/t17-/m1/s1. The maximum absolute atomic E-state index is 12.2. The SMILES string of the molecule is COC(=O)[C@@H](CCSC)NC(=O)/C=C/c1c(C)nn(Cc2ccccc2)c1Cl. The van der Waals surface area contributed by atoms with Crippen molar-refractivity contribution >= 4 is 41.3 Å². The number of hydrogen-bond donors (Lipinski definition) is 1. The fourth-order valence-electron chi connectivity index (χ4n) is 2.62. The molecular formula is C20H24ClN3O3S. The number of amides is 1. The van der Waals surface area contributed by atoms with Gasteiger partial charge >= 0.3 is 5.97 Å². The summed E-state index contributed by atoms with van der Waals surface area (Å²) in [6.07, 6.45) is 5.42. The summed E-state index contributed by atoms with van der Waals surface area (Å²) in [6.45, 7) is 2.38. The molecule has 1 atom stereocenters. The molecule has 6 nitrogen and oxygen atoms in total. The largest absolute Gasteiger partial charge is 0.467 e. The van der Waals surface area contributed by atoms with Crippen molar-refractivity contribution in [1.29, 1.82) is 0 Å². The van der Waals surface area contributed by atoms with Gasteiger partial charge in [0.15, 0.2) is 0 Å². The summed E-state index contributed by atoms with van der Waals surface area (Å²) in [6, 6.07) is 9.19. The summed E-state index contributed by atoms with van der Waals surface area (Å²) in [5.74, 6) is -0.107. The molecule has 0 bridgehead atoms. The van der Waals surface area contributed by atoms with Crippen LogP contribution in [0, 0.1) is 6.92 Å². The minimum Gasteiger partial charge on any atom is -0.467 e. The molecule has 0 aliphatic heterocycles. The minimum absolute atomic E-state index is 0.386. The molecule has 1 amide bonds. The zero-order valence-electron chi connectivity index (χ0n) is 16.1. The zero-order chi connectivity index (χ0) is 20.5. The van der Waals surface area contributed by atoms with E-state index in [0.29, 0.717) is 23.7 Å². The highest BCUT2D eigenvalue weighted by molar-refractivity contribution is 7.98. The molecule has 0 aliphatic carbocycles. The Morgan fingerprint density at radius 2 is 2.07 bits per heavy atom. The van der Waals surface area contributed by atoms with E-state index >= 15 is 0 Å². The molecule has 2 aromatic rings. The van der Waals surface area contributed by atoms with Gasteiger partial charge < -0.3 is 10.1 Å². The Morgan fingerprint density at radius 3 is 2.71 bits per heavy atom. The molecule has 2 rings (SSSR count). The molecule has 1 heterocycles. The maximum Gasteiger partial charge on any atom is 0.328 e. The quantitative estimate of drug-likeness (QED) is 0.496. The highest BCUT2D eigenvalue weighted by Gasteiger charge is 2.20. The van der Waals surface area contributed by atoms with Crippen LogP contribution in [-0.4, -0.2) is 46.8 Å². The van der Waals surface area contributed by atoms with Gasteiger partial charge in [0.2, 0.25) is 5.91 Å². The smallest absolute Gasteiger partial charge is 0.328 e. The zero-order valence-corrected chi connectivity index (χ0v) is 17.7. The molecule has 0 unspecified atom stereocenters. The van der Waals surface area contributed by atoms with E-state index in [4.69, 9.17) is 16.3 Å². The number of carbonyl (C=O) groups is 2. The molecule has 1 N–H and O–H groups in total. The minimum atomic E-state index is -0.674. The molecule has 0 radical (unpaired) electrons. The molecule has 0 saturated heterocycles. The molecular weight excluding hydrogens is 398 g/mol. The predicted molar refractivity (Wildman–Crippen MR) is 113 cm³/mol. The van der Waals surface area contributed by atoms with Gasteiger partial charge in [-0.05, 0) is 37.0 Å². The third kappa shape index (κ3) is 6.14. The molecule has 0 saturated carbocycles. The van der Waals surface area contributed by atoms with Crippen molar-refractivity contribution in [3.63, 3.8) is 0 Å². The summed E-state index contributed by atoms with van der Waals surface area (Å²) in [5, 5.41) is 7.58. The second-order valence-corrected chi connectivity index (χ2v) is 7.48. The number of benzene rings is 1. The van der Waals surface area contributed by atoms with Gasteiger partial charge in [-0.1, -0.05) is 41.9 Å². The number of carbonyl (C=O) groups excluding carboxylic acids is 2. The van der Waals surface area contributed by atoms with Crippen molar-refractivity contribution in [2.75, 3.05) is 19.1 Å². The topological polar surface area (TPSA) is 73.2 Å². The number of methoxy groups -OCH3 is 1. The number of nitrogens with one attached hydrogen (secondary N) is 1. The molecule has 0 aliphatic rings. The second-order valence-electron chi connectivity index (χ2n) is 6.13. The Balaban J connectivity index is 2.08. The van der Waals surface area contributed by atoms with E-state index < -0.39 is 12.0 Å². The third-order valence-electron chi connectivity index (χ3n) is 4.10. The fraction of sp³-hybridized carbons (Fsp3) is 0.350. The molecule has 1 aromatic heterocycles. The van der Waals surface area contributed by atoms with Crippen LogP contribution >= 0.6 is 23.4 Å². The van der Waals surface area contributed by atoms with E-state index in [2.05, 4.69) is 10.4 Å². The lowest BCUT2D eigenvalue weighted by Gasteiger charge is -2.14. The normalized spacial score (nSPS) is 12.1. The number of halogens is 1. The van der Waals surface area contributed by atoms with Gasteiger partial charge in [0.1, 0.15) is 11.2 Å². The summed E-state index contributed by atoms with van der Waals surface area (Å²) in [7, 11) is 1.31. The average Bonchev–Trinajstić information content (AvgIpc) is 2.96. The highest BCUT2D eigenvalue weighted by atomic mass is 35.5. The summed E-state index contributed by atoms with van der Waals surface area (Å²) < 4.78 is 6.44. The van der Waals surface area contributed by atoms with Crippen LogP contribution in [0.1, 0.15) is 23.2 Å². The number of hydrogen-bond acceptors (Lipinski definition) is 5. The molecule has 150 valence electrons. The van der Waals surface area contributed by atoms with Crippen LogP contribution in [0.3, 0.4) is 0 Å². The first-order valence-electron chi connectivity index (χ1n) is 8.78. The molecule has 1 aromatic carbocycles. The molecule has 0 spiro atoms. The Bertz CT molecular complexity index is 837. The van der Waals surface area contributed by atoms with Crippen LogP contribution in [0.2, 0.25) is 5.15 Å². The van der Waals surface area contributed by atoms with Gasteiger partial charge in [0.25, 0.3) is 0 Å². The van der Waals surface area contributed by atoms with Crippen LogP contribution in [0.25, 0.3) is 6.08 Å². The van der Waals surface area contributed by atoms with E-state index in [9.17, 15) is 9.59 Å². The summed E-state index contributed by atoms with van der Waals surface area (Å²) >= 11 is 8.05. The van der Waals surface area contributed by atoms with Crippen LogP contribution < -0.4 is 5.32 Å². The lowest BCUT2D eigenvalue weighted by atomic mass is 10.2. The lowest BCUT2D eigenvalue weighted by Crippen LogP contribution is -2.41. The third-order valence-corrected chi connectivity index (χ3v) is 5.14. The highest BCUT2D eigenvalue weighted by Crippen LogP contribution is 2.22. The average molecular weight is 422 g/mol. The van der Waals surface area contributed by atoms with Gasteiger partial charge in [-0.25, -0.2) is 9.48 Å². The van der Waals surface area contributed by atoms with Crippen LogP contribution in [0.5, 0.6) is 0 Å². The molecule has 28 heavy (non-hydrogen) atoms. The van der Waals surface area contributed by atoms with Crippen molar-refractivity contribution in [3.05, 3.63) is 58.4 Å². The molecule has 0 fully saturated rings. The number of esters is 1. The fourth-order valence-corrected chi connectivity index (χ4v) is 3.39. The van der Waals surface area contributed by atoms with Crippen LogP contribution in [0.15, 0.2) is 36.4 Å². The summed E-state index contributed by atoms with van der Waals surface area (Å²) in [5.41, 5.74) is 2.47. The van der Waals surface area contributed by atoms with Gasteiger partial charge in [0.05, 0.1) is 19.3 Å². The van der Waals surface area contributed by atoms with Crippen molar-refractivity contribution in [3.8, 4) is 0 Å². The number of nitrogens with zero attached hydrogens (tertiary/aromatic N) is 2. The molecule has 8 heteroatoms. The second kappa shape index (κ2) is 10.9. The van der Waals surface area contributed by atoms with Crippen LogP contribution in [0.4, 0.5) is 0 Å². The predicted octanol–water partition coefficient (Wildman–Crippen LogP) is 3.32. The number of ether oxygens (including phenoxy) is 1. The first-order chi connectivity index (χ1) is 13.5. The van der Waals surface area contributed by atoms with Gasteiger partial charge in [0, 0.05) is 11.6 Å². The first kappa shape index (κ1) is 22.0. The Hall–Kier alpha value is -2.25. The lowest BCUT2D eigenvalue weighted by molar-refractivity contribution is -0.144. The van der Waals surface area contributed by atoms with Crippen molar-refractivity contribution in [2.45, 2.75) is 25.9 Å². The van der Waals surface area contributed by atoms with Gasteiger partial charge in [-0.2, -0.15) is 16.9 Å². The van der Waals surface area contributed by atoms with Gasteiger partial charge in [-0.15, -0.1) is 0 Å². The van der Waals surface area contributed by atoms with Crippen molar-refractivity contribution in [1.82, 2.24) is 15.1 Å². The maximum atomic E-state index is 12.2. The number of thioether (sulfide) groups is 1. The van der Waals surface area contributed by atoms with Crippen molar-refractivity contribution < 1.29 is 14.3 Å². The first-order valence-corrected chi connectivity index (χ1v) is 10.6.